The second kappa shape index (κ2) is 8.50. The highest BCUT2D eigenvalue weighted by Crippen LogP contribution is 2.33. The number of rotatable bonds is 4. The van der Waals surface area contributed by atoms with Crippen LogP contribution in [0.15, 0.2) is 42.5 Å². The van der Waals surface area contributed by atoms with Gasteiger partial charge in [0, 0.05) is 35.6 Å². The number of aryl methyl sites for hydroxylation is 1. The van der Waals surface area contributed by atoms with Gasteiger partial charge < -0.3 is 15.1 Å². The van der Waals surface area contributed by atoms with Crippen molar-refractivity contribution in [2.75, 3.05) is 22.9 Å². The van der Waals surface area contributed by atoms with Crippen LogP contribution in [0.5, 0.6) is 0 Å². The zero-order valence-electron chi connectivity index (χ0n) is 18.1. The number of carbonyl (C=O) groups is 2. The SMILES string of the molecule is CC(C)NC(=O)c1cccc2c1CCCN2CC(=O)N1c2ccccc2CCC1C. The van der Waals surface area contributed by atoms with E-state index in [4.69, 9.17) is 0 Å². The summed E-state index contributed by atoms with van der Waals surface area (Å²) >= 11 is 0. The lowest BCUT2D eigenvalue weighted by Crippen LogP contribution is -2.48. The fourth-order valence-electron chi connectivity index (χ4n) is 4.73. The van der Waals surface area contributed by atoms with E-state index in [9.17, 15) is 9.59 Å². The van der Waals surface area contributed by atoms with Gasteiger partial charge in [0.05, 0.1) is 6.54 Å². The molecule has 2 aromatic rings. The molecular weight excluding hydrogens is 374 g/mol. The van der Waals surface area contributed by atoms with E-state index in [-0.39, 0.29) is 23.9 Å². The number of amides is 2. The first-order valence-corrected chi connectivity index (χ1v) is 11.0. The molecule has 5 heteroatoms. The molecule has 5 nitrogen and oxygen atoms in total. The molecule has 30 heavy (non-hydrogen) atoms. The van der Waals surface area contributed by atoms with Crippen molar-refractivity contribution in [1.82, 2.24) is 5.32 Å². The summed E-state index contributed by atoms with van der Waals surface area (Å²) in [6.45, 7) is 7.23. The Morgan fingerprint density at radius 2 is 1.83 bits per heavy atom. The quantitative estimate of drug-likeness (QED) is 0.838. The number of nitrogens with zero attached hydrogens (tertiary/aromatic N) is 2. The molecule has 0 aliphatic carbocycles. The fraction of sp³-hybridized carbons (Fsp3) is 0.440. The van der Waals surface area contributed by atoms with Crippen LogP contribution in [0.1, 0.15) is 55.1 Å². The predicted molar refractivity (Wildman–Crippen MR) is 121 cm³/mol. The molecule has 0 saturated heterocycles. The van der Waals surface area contributed by atoms with Crippen LogP contribution in [0.25, 0.3) is 0 Å². The lowest BCUT2D eigenvalue weighted by Gasteiger charge is -2.38. The van der Waals surface area contributed by atoms with Crippen LogP contribution in [0, 0.1) is 0 Å². The summed E-state index contributed by atoms with van der Waals surface area (Å²) in [5, 5.41) is 3.00. The Morgan fingerprint density at radius 3 is 2.63 bits per heavy atom. The van der Waals surface area contributed by atoms with E-state index in [0.29, 0.717) is 6.54 Å². The topological polar surface area (TPSA) is 52.7 Å². The minimum absolute atomic E-state index is 0.0337. The molecule has 2 aromatic carbocycles. The number of anilines is 2. The summed E-state index contributed by atoms with van der Waals surface area (Å²) in [6.07, 6.45) is 3.81. The van der Waals surface area contributed by atoms with E-state index >= 15 is 0 Å². The van der Waals surface area contributed by atoms with Gasteiger partial charge in [-0.2, -0.15) is 0 Å². The summed E-state index contributed by atoms with van der Waals surface area (Å²) in [5.74, 6) is 0.0909. The van der Waals surface area contributed by atoms with Crippen LogP contribution in [-0.4, -0.2) is 37.0 Å². The largest absolute Gasteiger partial charge is 0.362 e. The van der Waals surface area contributed by atoms with Gasteiger partial charge >= 0.3 is 0 Å². The highest BCUT2D eigenvalue weighted by atomic mass is 16.2. The highest BCUT2D eigenvalue weighted by Gasteiger charge is 2.30. The normalized spacial score (nSPS) is 18.1. The zero-order valence-corrected chi connectivity index (χ0v) is 18.1. The second-order valence-electron chi connectivity index (χ2n) is 8.74. The zero-order chi connectivity index (χ0) is 21.3. The fourth-order valence-corrected chi connectivity index (χ4v) is 4.73. The van der Waals surface area contributed by atoms with E-state index in [1.165, 1.54) is 5.56 Å². The Kier molecular flexibility index (Phi) is 5.80. The Hall–Kier alpha value is -2.82. The van der Waals surface area contributed by atoms with Gasteiger partial charge in [0.15, 0.2) is 0 Å². The molecule has 0 fully saturated rings. The first-order chi connectivity index (χ1) is 14.5. The number of fused-ring (bicyclic) bond motifs is 2. The highest BCUT2D eigenvalue weighted by molar-refractivity contribution is 6.00. The number of benzene rings is 2. The lowest BCUT2D eigenvalue weighted by atomic mass is 9.95. The van der Waals surface area contributed by atoms with Gasteiger partial charge in [-0.1, -0.05) is 24.3 Å². The van der Waals surface area contributed by atoms with Crippen molar-refractivity contribution in [1.29, 1.82) is 0 Å². The monoisotopic (exact) mass is 405 g/mol. The number of carbonyl (C=O) groups excluding carboxylic acids is 2. The third-order valence-electron chi connectivity index (χ3n) is 6.13. The molecule has 2 aliphatic heterocycles. The number of hydrogen-bond donors (Lipinski definition) is 1. The third kappa shape index (κ3) is 3.93. The van der Waals surface area contributed by atoms with Gasteiger partial charge in [-0.15, -0.1) is 0 Å². The average molecular weight is 406 g/mol. The minimum atomic E-state index is -0.0337. The first-order valence-electron chi connectivity index (χ1n) is 11.0. The molecule has 2 aliphatic rings. The van der Waals surface area contributed by atoms with Crippen molar-refractivity contribution in [2.45, 2.75) is 58.5 Å². The van der Waals surface area contributed by atoms with Crippen molar-refractivity contribution in [3.8, 4) is 0 Å². The molecule has 158 valence electrons. The summed E-state index contributed by atoms with van der Waals surface area (Å²) in [6, 6.07) is 14.4. The van der Waals surface area contributed by atoms with Crippen LogP contribution in [-0.2, 0) is 17.6 Å². The Balaban J connectivity index is 1.59. The molecule has 0 radical (unpaired) electrons. The van der Waals surface area contributed by atoms with E-state index in [1.807, 2.05) is 49.1 Å². The number of hydrogen-bond acceptors (Lipinski definition) is 3. The number of nitrogens with one attached hydrogen (secondary N) is 1. The van der Waals surface area contributed by atoms with Crippen molar-refractivity contribution >= 4 is 23.2 Å². The maximum atomic E-state index is 13.4. The maximum Gasteiger partial charge on any atom is 0.251 e. The van der Waals surface area contributed by atoms with E-state index in [1.54, 1.807) is 0 Å². The predicted octanol–water partition coefficient (Wildman–Crippen LogP) is 3.95. The van der Waals surface area contributed by atoms with Gasteiger partial charge in [-0.3, -0.25) is 9.59 Å². The van der Waals surface area contributed by atoms with Crippen LogP contribution in [0.3, 0.4) is 0 Å². The molecule has 2 amide bonds. The van der Waals surface area contributed by atoms with Crippen LogP contribution < -0.4 is 15.1 Å². The molecule has 1 N–H and O–H groups in total. The van der Waals surface area contributed by atoms with Crippen molar-refractivity contribution in [3.05, 3.63) is 59.2 Å². The lowest BCUT2D eigenvalue weighted by molar-refractivity contribution is -0.117. The van der Waals surface area contributed by atoms with Crippen molar-refractivity contribution < 1.29 is 9.59 Å². The van der Waals surface area contributed by atoms with Gasteiger partial charge in [-0.25, -0.2) is 0 Å². The van der Waals surface area contributed by atoms with E-state index in [2.05, 4.69) is 29.3 Å². The molecule has 1 unspecified atom stereocenters. The van der Waals surface area contributed by atoms with Gasteiger partial charge in [0.25, 0.3) is 5.91 Å². The molecule has 2 heterocycles. The average Bonchev–Trinajstić information content (AvgIpc) is 2.73. The van der Waals surface area contributed by atoms with Crippen molar-refractivity contribution in [2.24, 2.45) is 0 Å². The summed E-state index contributed by atoms with van der Waals surface area (Å²) in [5.41, 5.74) is 5.10. The van der Waals surface area contributed by atoms with Crippen molar-refractivity contribution in [3.63, 3.8) is 0 Å². The molecule has 0 aromatic heterocycles. The minimum Gasteiger partial charge on any atom is -0.362 e. The van der Waals surface area contributed by atoms with E-state index < -0.39 is 0 Å². The Bertz CT molecular complexity index is 953. The van der Waals surface area contributed by atoms with Gasteiger partial charge in [0.1, 0.15) is 0 Å². The molecule has 0 bridgehead atoms. The number of para-hydroxylation sites is 1. The summed E-state index contributed by atoms with van der Waals surface area (Å²) < 4.78 is 0. The van der Waals surface area contributed by atoms with Crippen LogP contribution >= 0.6 is 0 Å². The standard InChI is InChI=1S/C25H31N3O2/c1-17(2)26-25(30)21-9-6-12-23-20(21)10-7-15-27(23)16-24(29)28-18(3)13-14-19-8-4-5-11-22(19)28/h4-6,8-9,11-12,17-18H,7,10,13-16H2,1-3H3,(H,26,30). The smallest absolute Gasteiger partial charge is 0.251 e. The van der Waals surface area contributed by atoms with E-state index in [0.717, 1.165) is 54.7 Å². The molecule has 0 saturated carbocycles. The molecular formula is C25H31N3O2. The molecule has 0 spiro atoms. The van der Waals surface area contributed by atoms with Gasteiger partial charge in [0.2, 0.25) is 5.91 Å². The molecule has 1 atom stereocenters. The third-order valence-corrected chi connectivity index (χ3v) is 6.13. The van der Waals surface area contributed by atoms with Crippen LogP contribution in [0.2, 0.25) is 0 Å². The Labute approximate surface area is 179 Å². The van der Waals surface area contributed by atoms with Gasteiger partial charge in [-0.05, 0) is 75.8 Å². The first kappa shape index (κ1) is 20.5. The Morgan fingerprint density at radius 1 is 1.07 bits per heavy atom. The summed E-state index contributed by atoms with van der Waals surface area (Å²) in [7, 11) is 0. The maximum absolute atomic E-state index is 13.4. The second-order valence-corrected chi connectivity index (χ2v) is 8.74. The molecule has 4 rings (SSSR count). The van der Waals surface area contributed by atoms with Crippen LogP contribution in [0.4, 0.5) is 11.4 Å². The summed E-state index contributed by atoms with van der Waals surface area (Å²) in [4.78, 5) is 30.2.